The normalized spacial score (nSPS) is 36.4. The van der Waals surface area contributed by atoms with Gasteiger partial charge >= 0.3 is 5.97 Å². The fourth-order valence-corrected chi connectivity index (χ4v) is 2.18. The Labute approximate surface area is 108 Å². The van der Waals surface area contributed by atoms with Crippen LogP contribution in [0.4, 0.5) is 0 Å². The van der Waals surface area contributed by atoms with Crippen LogP contribution in [0.15, 0.2) is 0 Å². The van der Waals surface area contributed by atoms with Gasteiger partial charge < -0.3 is 19.3 Å². The molecule has 4 atom stereocenters. The van der Waals surface area contributed by atoms with E-state index in [4.69, 9.17) is 14.2 Å². The summed E-state index contributed by atoms with van der Waals surface area (Å²) in [4.78, 5) is 11.0. The molecule has 0 aromatic carbocycles. The van der Waals surface area contributed by atoms with Crippen LogP contribution in [0.25, 0.3) is 0 Å². The number of unbranched alkanes of at least 4 members (excludes halogenated alkanes) is 1. The van der Waals surface area contributed by atoms with Crippen molar-refractivity contribution in [1.29, 1.82) is 0 Å². The van der Waals surface area contributed by atoms with Crippen LogP contribution >= 0.6 is 0 Å². The predicted octanol–water partition coefficient (Wildman–Crippen LogP) is 1.62. The molecular formula is C13H24O5. The Morgan fingerprint density at radius 3 is 2.72 bits per heavy atom. The molecule has 1 fully saturated rings. The van der Waals surface area contributed by atoms with Crippen molar-refractivity contribution in [3.8, 4) is 0 Å². The van der Waals surface area contributed by atoms with Crippen molar-refractivity contribution in [2.75, 3.05) is 6.61 Å². The van der Waals surface area contributed by atoms with E-state index >= 15 is 0 Å². The van der Waals surface area contributed by atoms with Crippen molar-refractivity contribution >= 4 is 5.97 Å². The van der Waals surface area contributed by atoms with E-state index in [2.05, 4.69) is 6.92 Å². The predicted molar refractivity (Wildman–Crippen MR) is 66.0 cm³/mol. The van der Waals surface area contributed by atoms with E-state index in [1.54, 1.807) is 13.8 Å². The summed E-state index contributed by atoms with van der Waals surface area (Å²) in [6.07, 6.45) is 0.843. The van der Waals surface area contributed by atoms with E-state index in [0.717, 1.165) is 12.8 Å². The number of carbonyl (C=O) groups is 1. The molecule has 18 heavy (non-hydrogen) atoms. The number of hydrogen-bond acceptors (Lipinski definition) is 5. The topological polar surface area (TPSA) is 65.0 Å². The van der Waals surface area contributed by atoms with Crippen LogP contribution in [-0.2, 0) is 19.0 Å². The van der Waals surface area contributed by atoms with Gasteiger partial charge in [-0.05, 0) is 20.3 Å². The minimum atomic E-state index is -1.12. The number of esters is 1. The molecule has 1 N–H and O–H groups in total. The molecule has 1 aliphatic rings. The smallest absolute Gasteiger partial charge is 0.303 e. The highest BCUT2D eigenvalue weighted by atomic mass is 16.7. The third-order valence-electron chi connectivity index (χ3n) is 3.08. The molecule has 1 aliphatic heterocycles. The van der Waals surface area contributed by atoms with Crippen molar-refractivity contribution < 1.29 is 24.1 Å². The van der Waals surface area contributed by atoms with Gasteiger partial charge in [0.05, 0.1) is 6.10 Å². The maximum Gasteiger partial charge on any atom is 0.303 e. The summed E-state index contributed by atoms with van der Waals surface area (Å²) in [6.45, 7) is 7.45. The lowest BCUT2D eigenvalue weighted by molar-refractivity contribution is -0.276. The number of ether oxygens (including phenoxy) is 3. The standard InChI is InChI=1S/C13H24O5/c1-5-6-7-16-11-8-13(4,15)12(9(2)17-11)18-10(3)14/h9,11-12,15H,5-8H2,1-4H3/t9-,11-,12-,13-/m0/s1. The van der Waals surface area contributed by atoms with Crippen LogP contribution in [0.5, 0.6) is 0 Å². The van der Waals surface area contributed by atoms with Gasteiger partial charge in [-0.1, -0.05) is 13.3 Å². The molecule has 0 spiro atoms. The summed E-state index contributed by atoms with van der Waals surface area (Å²) in [5, 5.41) is 10.3. The lowest BCUT2D eigenvalue weighted by atomic mass is 9.88. The lowest BCUT2D eigenvalue weighted by Gasteiger charge is -2.43. The van der Waals surface area contributed by atoms with Crippen molar-refractivity contribution in [3.05, 3.63) is 0 Å². The largest absolute Gasteiger partial charge is 0.457 e. The highest BCUT2D eigenvalue weighted by Crippen LogP contribution is 2.31. The van der Waals surface area contributed by atoms with Gasteiger partial charge in [0, 0.05) is 20.0 Å². The molecule has 1 saturated heterocycles. The Bertz CT molecular complexity index is 277. The molecule has 0 aromatic heterocycles. The van der Waals surface area contributed by atoms with Crippen LogP contribution in [-0.4, -0.2) is 41.8 Å². The van der Waals surface area contributed by atoms with Gasteiger partial charge in [0.1, 0.15) is 5.60 Å². The summed E-state index contributed by atoms with van der Waals surface area (Å²) in [7, 11) is 0. The maximum absolute atomic E-state index is 11.0. The number of rotatable bonds is 5. The number of aliphatic hydroxyl groups is 1. The molecule has 0 unspecified atom stereocenters. The first-order chi connectivity index (χ1) is 8.36. The van der Waals surface area contributed by atoms with Crippen molar-refractivity contribution in [2.24, 2.45) is 0 Å². The Morgan fingerprint density at radius 1 is 1.56 bits per heavy atom. The fraction of sp³-hybridized carbons (Fsp3) is 0.923. The Kier molecular flexibility index (Phi) is 5.56. The maximum atomic E-state index is 11.0. The highest BCUT2D eigenvalue weighted by molar-refractivity contribution is 5.66. The first-order valence-electron chi connectivity index (χ1n) is 6.53. The molecule has 0 saturated carbocycles. The van der Waals surface area contributed by atoms with Gasteiger partial charge in [-0.15, -0.1) is 0 Å². The minimum absolute atomic E-state index is 0.305. The monoisotopic (exact) mass is 260 g/mol. The van der Waals surface area contributed by atoms with E-state index in [0.29, 0.717) is 13.0 Å². The second-order valence-corrected chi connectivity index (χ2v) is 5.09. The average Bonchev–Trinajstić information content (AvgIpc) is 2.23. The van der Waals surface area contributed by atoms with Gasteiger partial charge in [0.25, 0.3) is 0 Å². The summed E-state index contributed by atoms with van der Waals surface area (Å²) < 4.78 is 16.3. The zero-order valence-electron chi connectivity index (χ0n) is 11.6. The minimum Gasteiger partial charge on any atom is -0.457 e. The Morgan fingerprint density at radius 2 is 2.22 bits per heavy atom. The van der Waals surface area contributed by atoms with Crippen LogP contribution in [0.3, 0.4) is 0 Å². The SMILES string of the molecule is CCCCO[C@@H]1C[C@](C)(O)[C@@H](OC(C)=O)[C@H](C)O1. The zero-order valence-corrected chi connectivity index (χ0v) is 11.6. The third kappa shape index (κ3) is 4.23. The molecule has 106 valence electrons. The molecule has 0 radical (unpaired) electrons. The first-order valence-corrected chi connectivity index (χ1v) is 6.53. The lowest BCUT2D eigenvalue weighted by Crippen LogP contribution is -2.56. The van der Waals surface area contributed by atoms with Crippen molar-refractivity contribution in [1.82, 2.24) is 0 Å². The van der Waals surface area contributed by atoms with E-state index in [9.17, 15) is 9.90 Å². The number of hydrogen-bond donors (Lipinski definition) is 1. The van der Waals surface area contributed by atoms with Gasteiger partial charge in [-0.3, -0.25) is 4.79 Å². The van der Waals surface area contributed by atoms with E-state index in [1.807, 2.05) is 0 Å². The van der Waals surface area contributed by atoms with Gasteiger partial charge in [0.15, 0.2) is 12.4 Å². The van der Waals surface area contributed by atoms with Crippen LogP contribution in [0.1, 0.15) is 47.0 Å². The third-order valence-corrected chi connectivity index (χ3v) is 3.08. The summed E-state index contributed by atoms with van der Waals surface area (Å²) in [6, 6.07) is 0. The second kappa shape index (κ2) is 6.50. The quantitative estimate of drug-likeness (QED) is 0.601. The van der Waals surface area contributed by atoms with Crippen molar-refractivity contribution in [3.63, 3.8) is 0 Å². The second-order valence-electron chi connectivity index (χ2n) is 5.09. The average molecular weight is 260 g/mol. The summed E-state index contributed by atoms with van der Waals surface area (Å²) in [5.41, 5.74) is -1.12. The summed E-state index contributed by atoms with van der Waals surface area (Å²) >= 11 is 0. The molecule has 0 aliphatic carbocycles. The molecule has 0 aromatic rings. The van der Waals surface area contributed by atoms with Crippen molar-refractivity contribution in [2.45, 2.75) is 71.1 Å². The molecule has 0 amide bonds. The molecule has 5 nitrogen and oxygen atoms in total. The van der Waals surface area contributed by atoms with Gasteiger partial charge in [0.2, 0.25) is 0 Å². The Balaban J connectivity index is 2.56. The molecule has 1 rings (SSSR count). The Hall–Kier alpha value is -0.650. The fourth-order valence-electron chi connectivity index (χ4n) is 2.18. The highest BCUT2D eigenvalue weighted by Gasteiger charge is 2.46. The van der Waals surface area contributed by atoms with Gasteiger partial charge in [-0.2, -0.15) is 0 Å². The zero-order chi connectivity index (χ0) is 13.8. The van der Waals surface area contributed by atoms with Gasteiger partial charge in [-0.25, -0.2) is 0 Å². The van der Waals surface area contributed by atoms with Crippen LogP contribution in [0, 0.1) is 0 Å². The van der Waals surface area contributed by atoms with Crippen LogP contribution < -0.4 is 0 Å². The van der Waals surface area contributed by atoms with E-state index in [1.165, 1.54) is 6.92 Å². The molecule has 0 bridgehead atoms. The number of carbonyl (C=O) groups excluding carboxylic acids is 1. The molecular weight excluding hydrogens is 236 g/mol. The van der Waals surface area contributed by atoms with Crippen LogP contribution in [0.2, 0.25) is 0 Å². The van der Waals surface area contributed by atoms with E-state index < -0.39 is 24.0 Å². The summed E-state index contributed by atoms with van der Waals surface area (Å²) in [5.74, 6) is -0.416. The molecule has 1 heterocycles. The first kappa shape index (κ1) is 15.4. The molecule has 5 heteroatoms. The van der Waals surface area contributed by atoms with E-state index in [-0.39, 0.29) is 6.10 Å².